The van der Waals surface area contributed by atoms with Crippen LogP contribution in [0.5, 0.6) is 0 Å². The summed E-state index contributed by atoms with van der Waals surface area (Å²) in [5.41, 5.74) is 7.91. The van der Waals surface area contributed by atoms with Gasteiger partial charge in [0.1, 0.15) is 0 Å². The Morgan fingerprint density at radius 1 is 0.642 bits per heavy atom. The molecule has 0 spiro atoms. The highest BCUT2D eigenvalue weighted by atomic mass is 16.5. The molecule has 5 N–H and O–H groups in total. The molecule has 3 aromatic carbocycles. The van der Waals surface area contributed by atoms with Gasteiger partial charge in [-0.3, -0.25) is 24.9 Å². The second-order valence-electron chi connectivity index (χ2n) is 14.6. The molecule has 0 bridgehead atoms. The van der Waals surface area contributed by atoms with Crippen LogP contribution in [0.2, 0.25) is 0 Å². The molecule has 0 radical (unpaired) electrons. The molecule has 3 aliphatic heterocycles. The Balaban J connectivity index is 0.000000141. The molecule has 5 aromatic rings. The van der Waals surface area contributed by atoms with Crippen molar-refractivity contribution < 1.29 is 20.0 Å². The van der Waals surface area contributed by atoms with Gasteiger partial charge in [-0.1, -0.05) is 60.7 Å². The summed E-state index contributed by atoms with van der Waals surface area (Å²) in [6, 6.07) is 25.0. The van der Waals surface area contributed by atoms with Gasteiger partial charge < -0.3 is 15.1 Å². The van der Waals surface area contributed by atoms with Crippen molar-refractivity contribution in [3.8, 4) is 0 Å². The highest BCUT2D eigenvalue weighted by molar-refractivity contribution is 5.93. The molecule has 2 aliphatic carbocycles. The van der Waals surface area contributed by atoms with Gasteiger partial charge in [-0.25, -0.2) is 30.9 Å². The van der Waals surface area contributed by atoms with Crippen molar-refractivity contribution in [3.05, 3.63) is 119 Å². The highest BCUT2D eigenvalue weighted by Gasteiger charge is 2.59. The van der Waals surface area contributed by atoms with Crippen molar-refractivity contribution in [1.29, 1.82) is 0 Å². The van der Waals surface area contributed by atoms with Crippen LogP contribution in [0.1, 0.15) is 37.4 Å². The van der Waals surface area contributed by atoms with E-state index >= 15 is 0 Å². The minimum Gasteiger partial charge on any atom is -0.340 e. The Hall–Kier alpha value is -5.54. The average molecular weight is 713 g/mol. The molecule has 14 heteroatoms. The zero-order chi connectivity index (χ0) is 36.1. The number of anilines is 2. The van der Waals surface area contributed by atoms with Gasteiger partial charge in [-0.05, 0) is 57.2 Å². The monoisotopic (exact) mass is 712 g/mol. The standard InChI is InChI=1S/C21H21N5O2.C18H19N5O2/c27-20(25-28)16-9-23-21(24-10-16)26-11-17-18(12-26)19(17)22-8-13-5-6-14-3-1-2-4-15(14)7-13;24-17(21-25)13-5-19-18(20-6-13)23-9-14-15(10-23)16(14)22-7-11-3-1-2-4-12(11)8-22/h1-7,9-10,17-19,22,28H,8,11-12H2,(H,25,27);1-6,14-16,25H,7-10H2,(H,21,24). The van der Waals surface area contributed by atoms with Gasteiger partial charge in [-0.2, -0.15) is 0 Å². The fourth-order valence-electron chi connectivity index (χ4n) is 8.68. The van der Waals surface area contributed by atoms with E-state index in [0.717, 1.165) is 45.8 Å². The first-order valence-corrected chi connectivity index (χ1v) is 18.0. The van der Waals surface area contributed by atoms with E-state index in [1.807, 2.05) is 0 Å². The smallest absolute Gasteiger partial charge is 0.277 e. The maximum Gasteiger partial charge on any atom is 0.277 e. The molecule has 14 nitrogen and oxygen atoms in total. The van der Waals surface area contributed by atoms with Crippen molar-refractivity contribution in [2.24, 2.45) is 23.7 Å². The third-order valence-corrected chi connectivity index (χ3v) is 11.6. The van der Waals surface area contributed by atoms with Crippen molar-refractivity contribution in [2.45, 2.75) is 31.7 Å². The Morgan fingerprint density at radius 3 is 1.66 bits per heavy atom. The lowest BCUT2D eigenvalue weighted by Crippen LogP contribution is -2.33. The van der Waals surface area contributed by atoms with E-state index in [1.54, 1.807) is 11.0 Å². The third kappa shape index (κ3) is 6.54. The number of benzene rings is 3. The molecule has 2 aromatic heterocycles. The lowest BCUT2D eigenvalue weighted by Gasteiger charge is -2.23. The number of aromatic nitrogens is 4. The van der Waals surface area contributed by atoms with E-state index in [-0.39, 0.29) is 11.1 Å². The summed E-state index contributed by atoms with van der Waals surface area (Å²) in [7, 11) is 0. The molecular formula is C39H40N10O4. The summed E-state index contributed by atoms with van der Waals surface area (Å²) in [6.07, 6.45) is 5.78. The van der Waals surface area contributed by atoms with Gasteiger partial charge in [0, 0.05) is 82.7 Å². The van der Waals surface area contributed by atoms with E-state index in [9.17, 15) is 9.59 Å². The number of fused-ring (bicyclic) bond motifs is 4. The first kappa shape index (κ1) is 33.3. The maximum absolute atomic E-state index is 11.3. The zero-order valence-electron chi connectivity index (χ0n) is 28.9. The Kier molecular flexibility index (Phi) is 8.66. The van der Waals surface area contributed by atoms with E-state index in [2.05, 4.69) is 107 Å². The largest absolute Gasteiger partial charge is 0.340 e. The number of carbonyl (C=O) groups is 2. The van der Waals surface area contributed by atoms with Crippen LogP contribution in [-0.2, 0) is 19.6 Å². The minimum absolute atomic E-state index is 0.241. The summed E-state index contributed by atoms with van der Waals surface area (Å²) < 4.78 is 0. The average Bonchev–Trinajstić information content (AvgIpc) is 3.72. The van der Waals surface area contributed by atoms with Gasteiger partial charge in [0.25, 0.3) is 11.8 Å². The van der Waals surface area contributed by atoms with Crippen LogP contribution in [0, 0.1) is 23.7 Å². The lowest BCUT2D eigenvalue weighted by atomic mass is 10.1. The Morgan fingerprint density at radius 2 is 1.13 bits per heavy atom. The van der Waals surface area contributed by atoms with Crippen molar-refractivity contribution in [1.82, 2.24) is 41.1 Å². The maximum atomic E-state index is 11.3. The number of hydroxylamine groups is 2. The lowest BCUT2D eigenvalue weighted by molar-refractivity contribution is 0.0701. The molecule has 2 amide bonds. The molecule has 5 aliphatic rings. The summed E-state index contributed by atoms with van der Waals surface area (Å²) in [5.74, 6) is 2.68. The van der Waals surface area contributed by atoms with Gasteiger partial charge in [-0.15, -0.1) is 0 Å². The van der Waals surface area contributed by atoms with Crippen LogP contribution >= 0.6 is 0 Å². The van der Waals surface area contributed by atoms with Gasteiger partial charge in [0.05, 0.1) is 11.1 Å². The zero-order valence-corrected chi connectivity index (χ0v) is 28.9. The SMILES string of the molecule is O=C(NO)c1cnc(N2CC3C(C2)C3N2Cc3ccccc3C2)nc1.O=C(NO)c1cnc(N2CC3C(C2)C3NCc2ccc3ccccc3c2)nc1. The van der Waals surface area contributed by atoms with Crippen LogP contribution in [0.25, 0.3) is 10.8 Å². The summed E-state index contributed by atoms with van der Waals surface area (Å²) in [5, 5.41) is 23.5. The van der Waals surface area contributed by atoms with Gasteiger partial charge >= 0.3 is 0 Å². The quantitative estimate of drug-likeness (QED) is 0.118. The molecule has 53 heavy (non-hydrogen) atoms. The summed E-state index contributed by atoms with van der Waals surface area (Å²) in [4.78, 5) is 46.7. The number of amides is 2. The molecule has 4 unspecified atom stereocenters. The highest BCUT2D eigenvalue weighted by Crippen LogP contribution is 2.51. The normalized spacial score (nSPS) is 24.9. The van der Waals surface area contributed by atoms with Crippen LogP contribution in [0.15, 0.2) is 91.5 Å². The number of hydrogen-bond donors (Lipinski definition) is 5. The summed E-state index contributed by atoms with van der Waals surface area (Å²) in [6.45, 7) is 6.78. The predicted molar refractivity (Wildman–Crippen MR) is 195 cm³/mol. The second-order valence-corrected chi connectivity index (χ2v) is 14.6. The van der Waals surface area contributed by atoms with Gasteiger partial charge in [0.2, 0.25) is 11.9 Å². The number of piperidine rings is 2. The molecule has 2 saturated heterocycles. The number of nitrogens with zero attached hydrogens (tertiary/aromatic N) is 7. The van der Waals surface area contributed by atoms with E-state index in [0.29, 0.717) is 47.7 Å². The third-order valence-electron chi connectivity index (χ3n) is 11.6. The molecule has 5 heterocycles. The van der Waals surface area contributed by atoms with Crippen molar-refractivity contribution >= 4 is 34.5 Å². The number of carbonyl (C=O) groups excluding carboxylic acids is 2. The number of rotatable bonds is 8. The molecule has 2 saturated carbocycles. The van der Waals surface area contributed by atoms with Crippen LogP contribution in [0.3, 0.4) is 0 Å². The number of nitrogens with one attached hydrogen (secondary N) is 3. The molecular weight excluding hydrogens is 672 g/mol. The first-order valence-electron chi connectivity index (χ1n) is 18.0. The fourth-order valence-corrected chi connectivity index (χ4v) is 8.68. The number of hydrogen-bond acceptors (Lipinski definition) is 12. The molecule has 10 rings (SSSR count). The Bertz CT molecular complexity index is 2100. The van der Waals surface area contributed by atoms with E-state index < -0.39 is 11.8 Å². The fraction of sp³-hybridized carbons (Fsp3) is 0.333. The minimum atomic E-state index is -0.603. The van der Waals surface area contributed by atoms with E-state index in [1.165, 1.54) is 52.3 Å². The molecule has 270 valence electrons. The van der Waals surface area contributed by atoms with Crippen molar-refractivity contribution in [3.63, 3.8) is 0 Å². The predicted octanol–water partition coefficient (Wildman–Crippen LogP) is 3.02. The van der Waals surface area contributed by atoms with Gasteiger partial charge in [0.15, 0.2) is 0 Å². The first-order chi connectivity index (χ1) is 26.0. The molecule has 4 atom stereocenters. The van der Waals surface area contributed by atoms with E-state index in [4.69, 9.17) is 10.4 Å². The second kappa shape index (κ2) is 13.8. The van der Waals surface area contributed by atoms with Crippen molar-refractivity contribution in [2.75, 3.05) is 36.0 Å². The molecule has 4 fully saturated rings. The topological polar surface area (TPSA) is 172 Å². The Labute approximate surface area is 305 Å². The van der Waals surface area contributed by atoms with Crippen LogP contribution in [0.4, 0.5) is 11.9 Å². The van der Waals surface area contributed by atoms with Crippen LogP contribution < -0.4 is 26.1 Å². The summed E-state index contributed by atoms with van der Waals surface area (Å²) >= 11 is 0. The van der Waals surface area contributed by atoms with Crippen LogP contribution in [-0.4, -0.2) is 85.3 Å².